The highest BCUT2D eigenvalue weighted by molar-refractivity contribution is 8.13. The molecule has 0 unspecified atom stereocenters. The standard InChI is InChI=1S/C17H27NOS.HI/c1-16(2,3)12-9-11(15(18-7)20-8)10-13(14(12)19)17(4,5)6;/h9-10,19H,1-8H3;1H. The second kappa shape index (κ2) is 7.36. The molecule has 4 heteroatoms. The average molecular weight is 421 g/mol. The third kappa shape index (κ3) is 4.88. The molecule has 21 heavy (non-hydrogen) atoms. The second-order valence-corrected chi connectivity index (χ2v) is 8.02. The largest absolute Gasteiger partial charge is 1.00 e. The Labute approximate surface area is 150 Å². The summed E-state index contributed by atoms with van der Waals surface area (Å²) in [6.07, 6.45) is 2.06. The number of phenolic OH excluding ortho intramolecular Hbond substituents is 1. The zero-order valence-corrected chi connectivity index (χ0v) is 17.4. The van der Waals surface area contributed by atoms with Gasteiger partial charge in [-0.1, -0.05) is 53.3 Å². The molecule has 0 aromatic heterocycles. The van der Waals surface area contributed by atoms with Gasteiger partial charge >= 0.3 is 0 Å². The van der Waals surface area contributed by atoms with E-state index in [9.17, 15) is 5.11 Å². The minimum Gasteiger partial charge on any atom is -1.00 e. The van der Waals surface area contributed by atoms with Crippen molar-refractivity contribution in [3.63, 3.8) is 0 Å². The Morgan fingerprint density at radius 1 is 1.00 bits per heavy atom. The van der Waals surface area contributed by atoms with E-state index in [0.717, 1.165) is 21.7 Å². The Balaban J connectivity index is 0.00000400. The van der Waals surface area contributed by atoms with Crippen LogP contribution in [0.3, 0.4) is 0 Å². The van der Waals surface area contributed by atoms with Gasteiger partial charge in [-0.2, -0.15) is 0 Å². The maximum absolute atomic E-state index is 10.7. The van der Waals surface area contributed by atoms with Crippen LogP contribution in [0.2, 0.25) is 0 Å². The summed E-state index contributed by atoms with van der Waals surface area (Å²) in [5.41, 5.74) is 2.98. The van der Waals surface area contributed by atoms with Crippen LogP contribution in [0.5, 0.6) is 5.75 Å². The third-order valence-corrected chi connectivity index (χ3v) is 4.27. The predicted octanol–water partition coefficient (Wildman–Crippen LogP) is -0.189. The first-order valence-electron chi connectivity index (χ1n) is 6.99. The highest BCUT2D eigenvalue weighted by Crippen LogP contribution is 2.40. The molecule has 0 atom stereocenters. The molecule has 1 aromatic rings. The van der Waals surface area contributed by atoms with Crippen molar-refractivity contribution in [3.05, 3.63) is 28.8 Å². The van der Waals surface area contributed by atoms with Crippen molar-refractivity contribution in [2.45, 2.75) is 52.4 Å². The van der Waals surface area contributed by atoms with E-state index in [0.29, 0.717) is 5.75 Å². The Morgan fingerprint density at radius 2 is 1.38 bits per heavy atom. The van der Waals surface area contributed by atoms with Crippen LogP contribution in [0.25, 0.3) is 0 Å². The summed E-state index contributed by atoms with van der Waals surface area (Å²) in [7, 11) is 1.94. The second-order valence-electron chi connectivity index (χ2n) is 7.20. The molecule has 2 N–H and O–H groups in total. The van der Waals surface area contributed by atoms with E-state index in [-0.39, 0.29) is 34.8 Å². The van der Waals surface area contributed by atoms with Crippen molar-refractivity contribution >= 4 is 16.8 Å². The number of thioether (sulfide) groups is 1. The molecular formula is C17H28INOS. The minimum atomic E-state index is -0.0860. The summed E-state index contributed by atoms with van der Waals surface area (Å²) in [6, 6.07) is 4.21. The molecule has 0 amide bonds. The van der Waals surface area contributed by atoms with Gasteiger partial charge in [-0.25, -0.2) is 4.99 Å². The van der Waals surface area contributed by atoms with Gasteiger partial charge < -0.3 is 29.1 Å². The van der Waals surface area contributed by atoms with Crippen LogP contribution >= 0.6 is 11.8 Å². The van der Waals surface area contributed by atoms with Gasteiger partial charge in [0.25, 0.3) is 0 Å². The number of aromatic hydroxyl groups is 1. The molecule has 2 nitrogen and oxygen atoms in total. The number of phenols is 1. The molecule has 1 rings (SSSR count). The van der Waals surface area contributed by atoms with Crippen LogP contribution in [-0.4, -0.2) is 23.5 Å². The van der Waals surface area contributed by atoms with Gasteiger partial charge in [0.15, 0.2) is 0 Å². The predicted molar refractivity (Wildman–Crippen MR) is 90.0 cm³/mol. The van der Waals surface area contributed by atoms with Crippen LogP contribution in [0.15, 0.2) is 12.1 Å². The van der Waals surface area contributed by atoms with Gasteiger partial charge in [0.2, 0.25) is 5.04 Å². The van der Waals surface area contributed by atoms with E-state index < -0.39 is 0 Å². The first-order valence-corrected chi connectivity index (χ1v) is 8.22. The maximum Gasteiger partial charge on any atom is 0.239 e. The zero-order valence-electron chi connectivity index (χ0n) is 14.4. The van der Waals surface area contributed by atoms with Crippen LogP contribution in [0.4, 0.5) is 0 Å². The van der Waals surface area contributed by atoms with Gasteiger partial charge in [-0.3, -0.25) is 0 Å². The fraction of sp³-hybridized carbons (Fsp3) is 0.588. The lowest BCUT2D eigenvalue weighted by atomic mass is 9.78. The molecule has 0 spiro atoms. The topological polar surface area (TPSA) is 34.2 Å². The third-order valence-electron chi connectivity index (χ3n) is 3.42. The molecule has 1 aromatic carbocycles. The molecule has 0 saturated heterocycles. The molecule has 0 bridgehead atoms. The Hall–Kier alpha value is -0.230. The quantitative estimate of drug-likeness (QED) is 0.375. The van der Waals surface area contributed by atoms with E-state index >= 15 is 0 Å². The first kappa shape index (κ1) is 20.8. The van der Waals surface area contributed by atoms with Crippen LogP contribution in [0, 0.1) is 0 Å². The van der Waals surface area contributed by atoms with Gasteiger partial charge in [0, 0.05) is 11.1 Å². The number of nitrogens with one attached hydrogen (secondary N) is 1. The molecule has 0 aliphatic heterocycles. The molecule has 0 aliphatic carbocycles. The van der Waals surface area contributed by atoms with Crippen LogP contribution in [-0.2, 0) is 10.8 Å². The lowest BCUT2D eigenvalue weighted by Crippen LogP contribution is -3.00. The lowest BCUT2D eigenvalue weighted by Gasteiger charge is -2.27. The summed E-state index contributed by atoms with van der Waals surface area (Å²) in [5, 5.41) is 11.8. The normalized spacial score (nSPS) is 13.0. The Morgan fingerprint density at radius 3 is 1.62 bits per heavy atom. The number of rotatable bonds is 1. The molecule has 0 radical (unpaired) electrons. The first-order chi connectivity index (χ1) is 9.02. The van der Waals surface area contributed by atoms with E-state index in [1.807, 2.05) is 7.05 Å². The van der Waals surface area contributed by atoms with Crippen molar-refractivity contribution < 1.29 is 34.1 Å². The zero-order chi connectivity index (χ0) is 15.7. The van der Waals surface area contributed by atoms with Crippen LogP contribution in [0.1, 0.15) is 58.2 Å². The lowest BCUT2D eigenvalue weighted by molar-refractivity contribution is -0.415. The van der Waals surface area contributed by atoms with Gasteiger partial charge in [0.1, 0.15) is 12.8 Å². The van der Waals surface area contributed by atoms with Crippen LogP contribution < -0.4 is 29.0 Å². The van der Waals surface area contributed by atoms with Crippen molar-refractivity contribution in [1.29, 1.82) is 0 Å². The summed E-state index contributed by atoms with van der Waals surface area (Å²) in [6.45, 7) is 12.8. The van der Waals surface area contributed by atoms with Gasteiger partial charge in [-0.15, -0.1) is 0 Å². The van der Waals surface area contributed by atoms with E-state index in [1.54, 1.807) is 11.8 Å². The van der Waals surface area contributed by atoms with E-state index in [1.165, 1.54) is 0 Å². The minimum absolute atomic E-state index is 0. The van der Waals surface area contributed by atoms with E-state index in [2.05, 4.69) is 64.9 Å². The Kier molecular flexibility index (Phi) is 7.28. The molecule has 0 heterocycles. The number of halogens is 1. The number of hydrogen-bond acceptors (Lipinski definition) is 2. The van der Waals surface area contributed by atoms with Crippen molar-refractivity contribution in [3.8, 4) is 5.75 Å². The number of hydrogen-bond donors (Lipinski definition) is 2. The monoisotopic (exact) mass is 421 g/mol. The molecule has 0 fully saturated rings. The van der Waals surface area contributed by atoms with Crippen molar-refractivity contribution in [1.82, 2.24) is 0 Å². The smallest absolute Gasteiger partial charge is 0.239 e. The highest BCUT2D eigenvalue weighted by atomic mass is 127. The number of benzene rings is 1. The Bertz CT molecular complexity index is 490. The van der Waals surface area contributed by atoms with Gasteiger partial charge in [0.05, 0.1) is 5.56 Å². The fourth-order valence-electron chi connectivity index (χ4n) is 2.27. The molecule has 0 saturated carbocycles. The molecular weight excluding hydrogens is 393 g/mol. The fourth-order valence-corrected chi connectivity index (χ4v) is 2.83. The summed E-state index contributed by atoms with van der Waals surface area (Å²) < 4.78 is 0. The van der Waals surface area contributed by atoms with E-state index in [4.69, 9.17) is 0 Å². The summed E-state index contributed by atoms with van der Waals surface area (Å²) >= 11 is 1.69. The molecule has 0 aliphatic rings. The highest BCUT2D eigenvalue weighted by Gasteiger charge is 2.28. The van der Waals surface area contributed by atoms with Crippen molar-refractivity contribution in [2.75, 3.05) is 13.3 Å². The SMILES string of the molecule is C[NH+]=C(SC)c1cc(C(C)(C)C)c(O)c(C(C)(C)C)c1.[I-]. The van der Waals surface area contributed by atoms with Crippen molar-refractivity contribution in [2.24, 2.45) is 0 Å². The average Bonchev–Trinajstić information content (AvgIpc) is 2.29. The summed E-state index contributed by atoms with van der Waals surface area (Å²) in [5.74, 6) is 0.435. The molecule has 120 valence electrons. The van der Waals surface area contributed by atoms with Gasteiger partial charge in [-0.05, 0) is 29.2 Å². The summed E-state index contributed by atoms with van der Waals surface area (Å²) in [4.78, 5) is 3.24. The maximum atomic E-state index is 10.7.